The minimum absolute atomic E-state index is 0.0873. The van der Waals surface area contributed by atoms with Gasteiger partial charge < -0.3 is 10.0 Å². The van der Waals surface area contributed by atoms with Gasteiger partial charge in [-0.2, -0.15) is 13.2 Å². The molecule has 1 aromatic rings. The Balaban J connectivity index is 2.45. The number of piperidine rings is 1. The third-order valence-electron chi connectivity index (χ3n) is 3.56. The monoisotopic (exact) mass is 302 g/mol. The van der Waals surface area contributed by atoms with Crippen molar-refractivity contribution in [2.75, 3.05) is 18.0 Å². The highest BCUT2D eigenvalue weighted by atomic mass is 19.4. The number of hydrogen-bond acceptors (Lipinski definition) is 3. The molecule has 0 aliphatic carbocycles. The van der Waals surface area contributed by atoms with Crippen molar-refractivity contribution in [3.8, 4) is 0 Å². The van der Waals surface area contributed by atoms with Crippen molar-refractivity contribution in [1.82, 2.24) is 4.98 Å². The van der Waals surface area contributed by atoms with Crippen LogP contribution in [0.15, 0.2) is 12.1 Å². The molecule has 116 valence electrons. The molecule has 0 bridgehead atoms. The lowest BCUT2D eigenvalue weighted by molar-refractivity contribution is -0.141. The number of carbonyl (C=O) groups is 1. The lowest BCUT2D eigenvalue weighted by atomic mass is 9.91. The Morgan fingerprint density at radius 1 is 1.29 bits per heavy atom. The molecule has 0 aromatic carbocycles. The number of carboxylic acid groups (broad SMARTS) is 1. The lowest BCUT2D eigenvalue weighted by Crippen LogP contribution is -2.40. The second-order valence-electron chi connectivity index (χ2n) is 5.72. The maximum absolute atomic E-state index is 12.8. The van der Waals surface area contributed by atoms with Crippen LogP contribution in [0.4, 0.5) is 19.0 Å². The first kappa shape index (κ1) is 15.6. The molecular weight excluding hydrogens is 285 g/mol. The molecule has 2 unspecified atom stereocenters. The summed E-state index contributed by atoms with van der Waals surface area (Å²) in [6.07, 6.45) is -3.61. The second-order valence-corrected chi connectivity index (χ2v) is 5.72. The quantitative estimate of drug-likeness (QED) is 0.911. The van der Waals surface area contributed by atoms with Gasteiger partial charge in [0.1, 0.15) is 17.1 Å². The average Bonchev–Trinajstić information content (AvgIpc) is 2.35. The van der Waals surface area contributed by atoms with Crippen molar-refractivity contribution >= 4 is 11.8 Å². The van der Waals surface area contributed by atoms with Crippen LogP contribution in [0.25, 0.3) is 0 Å². The van der Waals surface area contributed by atoms with Crippen LogP contribution >= 0.6 is 0 Å². The average molecular weight is 302 g/mol. The van der Waals surface area contributed by atoms with Crippen LogP contribution in [0.3, 0.4) is 0 Å². The van der Waals surface area contributed by atoms with Gasteiger partial charge in [0.05, 0.1) is 0 Å². The number of hydrogen-bond donors (Lipinski definition) is 1. The van der Waals surface area contributed by atoms with Crippen molar-refractivity contribution in [3.63, 3.8) is 0 Å². The summed E-state index contributed by atoms with van der Waals surface area (Å²) in [6.45, 7) is 5.02. The van der Waals surface area contributed by atoms with E-state index in [-0.39, 0.29) is 23.2 Å². The summed E-state index contributed by atoms with van der Waals surface area (Å²) >= 11 is 0. The van der Waals surface area contributed by atoms with Gasteiger partial charge in [0, 0.05) is 13.1 Å². The summed E-state index contributed by atoms with van der Waals surface area (Å²) in [6, 6.07) is 1.70. The standard InChI is InChI=1S/C14H17F3N2O2/c1-8-5-9(2)7-19(6-8)12-10(13(20)21)3-4-11(18-12)14(15,16)17/h3-4,8-9H,5-7H2,1-2H3,(H,20,21). The van der Waals surface area contributed by atoms with Crippen LogP contribution in [0.5, 0.6) is 0 Å². The Bertz CT molecular complexity index is 536. The molecule has 2 rings (SSSR count). The Hall–Kier alpha value is -1.79. The van der Waals surface area contributed by atoms with Crippen LogP contribution in [0.1, 0.15) is 36.3 Å². The topological polar surface area (TPSA) is 53.4 Å². The number of pyridine rings is 1. The molecule has 4 nitrogen and oxygen atoms in total. The van der Waals surface area contributed by atoms with E-state index < -0.39 is 17.8 Å². The maximum Gasteiger partial charge on any atom is 0.433 e. The highest BCUT2D eigenvalue weighted by molar-refractivity contribution is 5.93. The fraction of sp³-hybridized carbons (Fsp3) is 0.571. The van der Waals surface area contributed by atoms with Crippen LogP contribution in [0.2, 0.25) is 0 Å². The SMILES string of the molecule is CC1CC(C)CN(c2nc(C(F)(F)F)ccc2C(=O)O)C1. The van der Waals surface area contributed by atoms with Gasteiger partial charge in [0.15, 0.2) is 0 Å². The summed E-state index contributed by atoms with van der Waals surface area (Å²) < 4.78 is 38.4. The number of aromatic carboxylic acids is 1. The zero-order valence-corrected chi connectivity index (χ0v) is 11.8. The highest BCUT2D eigenvalue weighted by Crippen LogP contribution is 2.32. The van der Waals surface area contributed by atoms with E-state index in [2.05, 4.69) is 4.98 Å². The van der Waals surface area contributed by atoms with Gasteiger partial charge in [0.2, 0.25) is 0 Å². The fourth-order valence-electron chi connectivity index (χ4n) is 2.85. The zero-order valence-electron chi connectivity index (χ0n) is 11.8. The molecule has 2 heterocycles. The maximum atomic E-state index is 12.8. The number of halogens is 3. The van der Waals surface area contributed by atoms with E-state index >= 15 is 0 Å². The molecule has 1 N–H and O–H groups in total. The van der Waals surface area contributed by atoms with Crippen molar-refractivity contribution < 1.29 is 23.1 Å². The van der Waals surface area contributed by atoms with Gasteiger partial charge in [-0.3, -0.25) is 0 Å². The van der Waals surface area contributed by atoms with E-state index in [0.29, 0.717) is 19.2 Å². The molecule has 1 aliphatic heterocycles. The summed E-state index contributed by atoms with van der Waals surface area (Å²) in [5, 5.41) is 9.17. The Morgan fingerprint density at radius 3 is 2.33 bits per heavy atom. The third-order valence-corrected chi connectivity index (χ3v) is 3.56. The molecule has 0 saturated carbocycles. The highest BCUT2D eigenvalue weighted by Gasteiger charge is 2.35. The van der Waals surface area contributed by atoms with Gasteiger partial charge in [0.25, 0.3) is 0 Å². The molecule has 0 spiro atoms. The Labute approximate surface area is 120 Å². The van der Waals surface area contributed by atoms with Gasteiger partial charge in [-0.1, -0.05) is 13.8 Å². The molecule has 7 heteroatoms. The molecule has 1 fully saturated rings. The molecule has 0 amide bonds. The molecule has 2 atom stereocenters. The number of anilines is 1. The smallest absolute Gasteiger partial charge is 0.433 e. The first-order valence-corrected chi connectivity index (χ1v) is 6.75. The molecule has 1 aromatic heterocycles. The summed E-state index contributed by atoms with van der Waals surface area (Å²) in [5.41, 5.74) is -1.25. The number of carboxylic acids is 1. The van der Waals surface area contributed by atoms with Gasteiger partial charge in [-0.25, -0.2) is 9.78 Å². The van der Waals surface area contributed by atoms with Gasteiger partial charge >= 0.3 is 12.1 Å². The predicted molar refractivity (Wildman–Crippen MR) is 71.4 cm³/mol. The van der Waals surface area contributed by atoms with E-state index in [1.807, 2.05) is 13.8 Å². The van der Waals surface area contributed by atoms with Crippen LogP contribution in [-0.4, -0.2) is 29.1 Å². The fourth-order valence-corrected chi connectivity index (χ4v) is 2.85. The third kappa shape index (κ3) is 3.46. The summed E-state index contributed by atoms with van der Waals surface area (Å²) in [7, 11) is 0. The van der Waals surface area contributed by atoms with Crippen molar-refractivity contribution in [1.29, 1.82) is 0 Å². The number of alkyl halides is 3. The minimum Gasteiger partial charge on any atom is -0.478 e. The molecule has 21 heavy (non-hydrogen) atoms. The Kier molecular flexibility index (Phi) is 4.11. The number of nitrogens with zero attached hydrogens (tertiary/aromatic N) is 2. The predicted octanol–water partition coefficient (Wildman–Crippen LogP) is 3.28. The second kappa shape index (κ2) is 5.54. The van der Waals surface area contributed by atoms with Crippen LogP contribution < -0.4 is 4.90 Å². The van der Waals surface area contributed by atoms with Gasteiger partial charge in [-0.15, -0.1) is 0 Å². The van der Waals surface area contributed by atoms with E-state index in [9.17, 15) is 23.1 Å². The van der Waals surface area contributed by atoms with Crippen LogP contribution in [-0.2, 0) is 6.18 Å². The van der Waals surface area contributed by atoms with Crippen molar-refractivity contribution in [2.24, 2.45) is 11.8 Å². The minimum atomic E-state index is -4.58. The van der Waals surface area contributed by atoms with Gasteiger partial charge in [-0.05, 0) is 30.4 Å². The van der Waals surface area contributed by atoms with E-state index in [1.54, 1.807) is 4.90 Å². The lowest BCUT2D eigenvalue weighted by Gasteiger charge is -2.36. The van der Waals surface area contributed by atoms with E-state index in [0.717, 1.165) is 12.5 Å². The molecule has 1 aliphatic rings. The van der Waals surface area contributed by atoms with E-state index in [1.165, 1.54) is 0 Å². The molecule has 0 radical (unpaired) electrons. The van der Waals surface area contributed by atoms with Crippen molar-refractivity contribution in [3.05, 3.63) is 23.4 Å². The van der Waals surface area contributed by atoms with Crippen LogP contribution in [0, 0.1) is 11.8 Å². The normalized spacial score (nSPS) is 23.2. The molecule has 1 saturated heterocycles. The first-order valence-electron chi connectivity index (χ1n) is 6.75. The summed E-state index contributed by atoms with van der Waals surface area (Å²) in [5.74, 6) is -0.786. The summed E-state index contributed by atoms with van der Waals surface area (Å²) in [4.78, 5) is 16.5. The first-order chi connectivity index (χ1) is 9.68. The van der Waals surface area contributed by atoms with E-state index in [4.69, 9.17) is 0 Å². The number of rotatable bonds is 2. The zero-order chi connectivity index (χ0) is 15.8. The Morgan fingerprint density at radius 2 is 1.86 bits per heavy atom. The van der Waals surface area contributed by atoms with Crippen molar-refractivity contribution in [2.45, 2.75) is 26.4 Å². The largest absolute Gasteiger partial charge is 0.478 e. The number of aromatic nitrogens is 1. The molecular formula is C14H17F3N2O2.